The van der Waals surface area contributed by atoms with Gasteiger partial charge in [0.2, 0.25) is 0 Å². The van der Waals surface area contributed by atoms with Crippen molar-refractivity contribution in [2.45, 2.75) is 13.2 Å². The predicted octanol–water partition coefficient (Wildman–Crippen LogP) is 3.76. The molecule has 3 nitrogen and oxygen atoms in total. The highest BCUT2D eigenvalue weighted by molar-refractivity contribution is 6.30. The van der Waals surface area contributed by atoms with Crippen LogP contribution in [0.25, 0.3) is 0 Å². The van der Waals surface area contributed by atoms with E-state index < -0.39 is 0 Å². The molecule has 0 aromatic heterocycles. The van der Waals surface area contributed by atoms with Crippen molar-refractivity contribution in [3.05, 3.63) is 70.2 Å². The molecule has 106 valence electrons. The number of benzene rings is 2. The van der Waals surface area contributed by atoms with Crippen LogP contribution in [0.5, 0.6) is 0 Å². The minimum atomic E-state index is 0. The molecule has 2 aromatic rings. The second kappa shape index (κ2) is 7.90. The first-order valence-corrected chi connectivity index (χ1v) is 6.28. The fourth-order valence-electron chi connectivity index (χ4n) is 1.65. The molecule has 0 aliphatic carbocycles. The molecule has 0 saturated carbocycles. The average molecular weight is 311 g/mol. The van der Waals surface area contributed by atoms with Crippen molar-refractivity contribution < 1.29 is 4.74 Å². The summed E-state index contributed by atoms with van der Waals surface area (Å²) in [4.78, 5) is 0. The Morgan fingerprint density at radius 3 is 1.85 bits per heavy atom. The van der Waals surface area contributed by atoms with E-state index in [9.17, 15) is 0 Å². The smallest absolute Gasteiger partial charge is 0.122 e. The Bertz CT molecular complexity index is 553. The van der Waals surface area contributed by atoms with Crippen molar-refractivity contribution in [3.8, 4) is 0 Å². The molecule has 5 heteroatoms. The van der Waals surface area contributed by atoms with E-state index in [2.05, 4.69) is 0 Å². The van der Waals surface area contributed by atoms with E-state index in [-0.39, 0.29) is 18.2 Å². The molecule has 2 aromatic carbocycles. The zero-order valence-corrected chi connectivity index (χ0v) is 12.4. The summed E-state index contributed by atoms with van der Waals surface area (Å²) in [5.41, 5.74) is 8.26. The number of nitrogens with two attached hydrogens (primary N) is 1. The van der Waals surface area contributed by atoms with Crippen LogP contribution in [0.2, 0.25) is 5.02 Å². The Labute approximate surface area is 129 Å². The summed E-state index contributed by atoms with van der Waals surface area (Å²) < 4.78 is 5.62. The van der Waals surface area contributed by atoms with Gasteiger partial charge in [-0.25, -0.2) is 0 Å². The highest BCUT2D eigenvalue weighted by Crippen LogP contribution is 2.11. The molecule has 0 aliphatic rings. The van der Waals surface area contributed by atoms with Crippen LogP contribution in [-0.4, -0.2) is 5.84 Å². The van der Waals surface area contributed by atoms with Crippen molar-refractivity contribution in [3.63, 3.8) is 0 Å². The van der Waals surface area contributed by atoms with E-state index in [1.807, 2.05) is 48.5 Å². The topological polar surface area (TPSA) is 59.1 Å². The molecule has 0 aliphatic heterocycles. The molecule has 0 amide bonds. The van der Waals surface area contributed by atoms with Crippen LogP contribution >= 0.6 is 24.0 Å². The minimum Gasteiger partial charge on any atom is -0.384 e. The lowest BCUT2D eigenvalue weighted by atomic mass is 10.1. The Morgan fingerprint density at radius 2 is 1.40 bits per heavy atom. The Morgan fingerprint density at radius 1 is 0.950 bits per heavy atom. The first kappa shape index (κ1) is 16.5. The summed E-state index contributed by atoms with van der Waals surface area (Å²) in [7, 11) is 0. The van der Waals surface area contributed by atoms with Crippen LogP contribution in [0, 0.1) is 5.41 Å². The number of hydrogen-bond acceptors (Lipinski definition) is 2. The third-order valence-electron chi connectivity index (χ3n) is 2.72. The standard InChI is InChI=1S/C15H15ClN2O.ClH/c16-14-7-3-12(4-8-14)10-19-9-11-1-5-13(6-2-11)15(17)18;/h1-8H,9-10H2,(H3,17,18);1H. The molecule has 0 saturated heterocycles. The van der Waals surface area contributed by atoms with Gasteiger partial charge in [0.15, 0.2) is 0 Å². The zero-order valence-electron chi connectivity index (χ0n) is 10.8. The number of halogens is 2. The molecule has 2 rings (SSSR count). The number of rotatable bonds is 5. The van der Waals surface area contributed by atoms with E-state index in [0.29, 0.717) is 13.2 Å². The Kier molecular flexibility index (Phi) is 6.52. The second-order valence-corrected chi connectivity index (χ2v) is 4.67. The van der Waals surface area contributed by atoms with Crippen LogP contribution < -0.4 is 5.73 Å². The van der Waals surface area contributed by atoms with Crippen molar-refractivity contribution >= 4 is 29.8 Å². The number of hydrogen-bond donors (Lipinski definition) is 2. The predicted molar refractivity (Wildman–Crippen MR) is 84.7 cm³/mol. The first-order chi connectivity index (χ1) is 9.15. The monoisotopic (exact) mass is 310 g/mol. The quantitative estimate of drug-likeness (QED) is 0.652. The molecule has 0 radical (unpaired) electrons. The highest BCUT2D eigenvalue weighted by Gasteiger charge is 1.98. The van der Waals surface area contributed by atoms with E-state index in [1.54, 1.807) is 0 Å². The molecule has 0 heterocycles. The molecule has 0 atom stereocenters. The number of nitrogen functional groups attached to an aromatic ring is 1. The molecular formula is C15H16Cl2N2O. The Balaban J connectivity index is 0.00000200. The van der Waals surface area contributed by atoms with Gasteiger partial charge >= 0.3 is 0 Å². The summed E-state index contributed by atoms with van der Waals surface area (Å²) in [6.45, 7) is 1.08. The fourth-order valence-corrected chi connectivity index (χ4v) is 1.77. The molecule has 20 heavy (non-hydrogen) atoms. The normalized spacial score (nSPS) is 9.85. The number of amidine groups is 1. The van der Waals surface area contributed by atoms with Crippen molar-refractivity contribution in [2.24, 2.45) is 5.73 Å². The van der Waals surface area contributed by atoms with Crippen LogP contribution in [0.15, 0.2) is 48.5 Å². The summed E-state index contributed by atoms with van der Waals surface area (Å²) >= 11 is 5.81. The summed E-state index contributed by atoms with van der Waals surface area (Å²) in [5, 5.41) is 8.03. The van der Waals surface area contributed by atoms with Gasteiger partial charge in [-0.05, 0) is 23.3 Å². The van der Waals surface area contributed by atoms with Gasteiger partial charge in [0, 0.05) is 10.6 Å². The summed E-state index contributed by atoms with van der Waals surface area (Å²) in [6, 6.07) is 15.1. The van der Waals surface area contributed by atoms with Gasteiger partial charge in [-0.2, -0.15) is 0 Å². The van der Waals surface area contributed by atoms with E-state index >= 15 is 0 Å². The lowest BCUT2D eigenvalue weighted by molar-refractivity contribution is 0.107. The van der Waals surface area contributed by atoms with Gasteiger partial charge in [-0.3, -0.25) is 5.41 Å². The third-order valence-corrected chi connectivity index (χ3v) is 2.97. The van der Waals surface area contributed by atoms with Crippen LogP contribution in [0.3, 0.4) is 0 Å². The van der Waals surface area contributed by atoms with Crippen molar-refractivity contribution in [1.82, 2.24) is 0 Å². The van der Waals surface area contributed by atoms with Gasteiger partial charge in [0.25, 0.3) is 0 Å². The van der Waals surface area contributed by atoms with Gasteiger partial charge in [0.1, 0.15) is 5.84 Å². The molecule has 0 bridgehead atoms. The second-order valence-electron chi connectivity index (χ2n) is 4.23. The fraction of sp³-hybridized carbons (Fsp3) is 0.133. The maximum absolute atomic E-state index is 7.31. The lowest BCUT2D eigenvalue weighted by Crippen LogP contribution is -2.10. The minimum absolute atomic E-state index is 0. The molecule has 0 spiro atoms. The maximum Gasteiger partial charge on any atom is 0.122 e. The van der Waals surface area contributed by atoms with E-state index in [0.717, 1.165) is 21.7 Å². The third kappa shape index (κ3) is 4.85. The average Bonchev–Trinajstić information content (AvgIpc) is 2.41. The Hall–Kier alpha value is -1.55. The van der Waals surface area contributed by atoms with Gasteiger partial charge < -0.3 is 10.5 Å². The largest absolute Gasteiger partial charge is 0.384 e. The summed E-state index contributed by atoms with van der Waals surface area (Å²) in [6.07, 6.45) is 0. The van der Waals surface area contributed by atoms with Crippen molar-refractivity contribution in [2.75, 3.05) is 0 Å². The van der Waals surface area contributed by atoms with Crippen LogP contribution in [-0.2, 0) is 18.0 Å². The van der Waals surface area contributed by atoms with Gasteiger partial charge in [0.05, 0.1) is 13.2 Å². The van der Waals surface area contributed by atoms with Crippen LogP contribution in [0.1, 0.15) is 16.7 Å². The zero-order chi connectivity index (χ0) is 13.7. The van der Waals surface area contributed by atoms with Crippen molar-refractivity contribution in [1.29, 1.82) is 5.41 Å². The molecule has 0 unspecified atom stereocenters. The molecule has 3 N–H and O–H groups in total. The van der Waals surface area contributed by atoms with E-state index in [1.165, 1.54) is 0 Å². The highest BCUT2D eigenvalue weighted by atomic mass is 35.5. The van der Waals surface area contributed by atoms with Gasteiger partial charge in [-0.15, -0.1) is 12.4 Å². The van der Waals surface area contributed by atoms with E-state index in [4.69, 9.17) is 27.5 Å². The lowest BCUT2D eigenvalue weighted by Gasteiger charge is -2.06. The number of nitrogens with one attached hydrogen (secondary N) is 1. The number of ether oxygens (including phenoxy) is 1. The summed E-state index contributed by atoms with van der Waals surface area (Å²) in [5.74, 6) is 0.0774. The SMILES string of the molecule is Cl.N=C(N)c1ccc(COCc2ccc(Cl)cc2)cc1. The van der Waals surface area contributed by atoms with Crippen LogP contribution in [0.4, 0.5) is 0 Å². The first-order valence-electron chi connectivity index (χ1n) is 5.90. The molecular weight excluding hydrogens is 295 g/mol. The molecule has 0 fully saturated rings. The maximum atomic E-state index is 7.31. The van der Waals surface area contributed by atoms with Gasteiger partial charge in [-0.1, -0.05) is 48.0 Å².